The minimum atomic E-state index is 0.119. The van der Waals surface area contributed by atoms with Crippen LogP contribution in [0.15, 0.2) is 28.8 Å². The Kier molecular flexibility index (Phi) is 5.00. The molecule has 5 heteroatoms. The van der Waals surface area contributed by atoms with Gasteiger partial charge in [0.2, 0.25) is 5.91 Å². The molecule has 148 valence electrons. The predicted octanol–water partition coefficient (Wildman–Crippen LogP) is 4.88. The lowest BCUT2D eigenvalue weighted by Crippen LogP contribution is -2.40. The first-order valence-corrected chi connectivity index (χ1v) is 10.3. The second-order valence-electron chi connectivity index (χ2n) is 8.35. The second kappa shape index (κ2) is 7.46. The molecule has 5 nitrogen and oxygen atoms in total. The number of nitrogens with zero attached hydrogens (tertiary/aromatic N) is 2. The Morgan fingerprint density at radius 3 is 2.82 bits per heavy atom. The molecule has 28 heavy (non-hydrogen) atoms. The van der Waals surface area contributed by atoms with Gasteiger partial charge in [-0.2, -0.15) is 0 Å². The van der Waals surface area contributed by atoms with Crippen molar-refractivity contribution in [3.8, 4) is 0 Å². The van der Waals surface area contributed by atoms with Crippen molar-refractivity contribution >= 4 is 16.8 Å². The number of hydrogen-bond acceptors (Lipinski definition) is 3. The highest BCUT2D eigenvalue weighted by molar-refractivity contribution is 5.86. The Bertz CT molecular complexity index is 979. The van der Waals surface area contributed by atoms with E-state index in [9.17, 15) is 4.79 Å². The Morgan fingerprint density at radius 2 is 2.11 bits per heavy atom. The van der Waals surface area contributed by atoms with Gasteiger partial charge in [-0.05, 0) is 50.7 Å². The third-order valence-corrected chi connectivity index (χ3v) is 5.94. The van der Waals surface area contributed by atoms with Crippen molar-refractivity contribution in [2.45, 2.75) is 59.4 Å². The van der Waals surface area contributed by atoms with Crippen LogP contribution in [-0.2, 0) is 17.6 Å². The van der Waals surface area contributed by atoms with Gasteiger partial charge in [-0.1, -0.05) is 37.2 Å². The fourth-order valence-electron chi connectivity index (χ4n) is 4.54. The van der Waals surface area contributed by atoms with Crippen LogP contribution in [0.25, 0.3) is 10.9 Å². The zero-order valence-corrected chi connectivity index (χ0v) is 17.2. The van der Waals surface area contributed by atoms with Gasteiger partial charge in [0.25, 0.3) is 0 Å². The highest BCUT2D eigenvalue weighted by Gasteiger charge is 2.33. The fraction of sp³-hybridized carbons (Fsp3) is 0.478. The van der Waals surface area contributed by atoms with E-state index in [1.165, 1.54) is 22.2 Å². The first-order chi connectivity index (χ1) is 13.5. The smallest absolute Gasteiger partial charge is 0.223 e. The van der Waals surface area contributed by atoms with Gasteiger partial charge in [0.15, 0.2) is 0 Å². The number of aromatic amines is 1. The van der Waals surface area contributed by atoms with Crippen LogP contribution in [-0.4, -0.2) is 27.5 Å². The van der Waals surface area contributed by atoms with Crippen LogP contribution in [0.3, 0.4) is 0 Å². The lowest BCUT2D eigenvalue weighted by Gasteiger charge is -2.37. The lowest BCUT2D eigenvalue weighted by molar-refractivity contribution is -0.134. The molecular weight excluding hydrogens is 350 g/mol. The summed E-state index contributed by atoms with van der Waals surface area (Å²) in [5.41, 5.74) is 5.74. The molecule has 1 aliphatic heterocycles. The van der Waals surface area contributed by atoms with Crippen molar-refractivity contribution in [3.05, 3.63) is 52.5 Å². The molecule has 0 aliphatic carbocycles. The van der Waals surface area contributed by atoms with E-state index < -0.39 is 0 Å². The minimum absolute atomic E-state index is 0.119. The second-order valence-corrected chi connectivity index (χ2v) is 8.35. The molecule has 1 N–H and O–H groups in total. The Morgan fingerprint density at radius 1 is 1.32 bits per heavy atom. The molecule has 0 fully saturated rings. The van der Waals surface area contributed by atoms with Gasteiger partial charge >= 0.3 is 0 Å². The number of amides is 1. The number of rotatable bonds is 5. The van der Waals surface area contributed by atoms with Gasteiger partial charge in [0.05, 0.1) is 11.7 Å². The summed E-state index contributed by atoms with van der Waals surface area (Å²) in [4.78, 5) is 18.9. The van der Waals surface area contributed by atoms with E-state index in [2.05, 4.69) is 53.2 Å². The molecule has 3 heterocycles. The van der Waals surface area contributed by atoms with Crippen molar-refractivity contribution in [1.29, 1.82) is 0 Å². The molecule has 0 spiro atoms. The van der Waals surface area contributed by atoms with E-state index in [1.807, 2.05) is 13.8 Å². The average molecular weight is 380 g/mol. The largest absolute Gasteiger partial charge is 0.361 e. The summed E-state index contributed by atoms with van der Waals surface area (Å²) in [6.07, 6.45) is 3.05. The summed E-state index contributed by atoms with van der Waals surface area (Å²) in [6, 6.07) is 8.59. The predicted molar refractivity (Wildman–Crippen MR) is 110 cm³/mol. The number of aryl methyl sites for hydroxylation is 2. The normalized spacial score (nSPS) is 16.8. The van der Waals surface area contributed by atoms with Crippen LogP contribution < -0.4 is 0 Å². The van der Waals surface area contributed by atoms with Gasteiger partial charge in [-0.3, -0.25) is 4.79 Å². The van der Waals surface area contributed by atoms with Gasteiger partial charge in [-0.15, -0.1) is 0 Å². The number of para-hydroxylation sites is 1. The van der Waals surface area contributed by atoms with Crippen molar-refractivity contribution in [2.75, 3.05) is 6.54 Å². The molecule has 1 amide bonds. The Balaban J connectivity index is 1.60. The molecule has 1 atom stereocenters. The van der Waals surface area contributed by atoms with Crippen LogP contribution in [0.1, 0.15) is 61.0 Å². The SMILES string of the molecule is Cc1noc(C)c1CCC(=O)N1CCc2c([nH]c3ccccc23)C1CC(C)C. The number of benzene rings is 1. The van der Waals surface area contributed by atoms with Crippen molar-refractivity contribution in [1.82, 2.24) is 15.0 Å². The van der Waals surface area contributed by atoms with E-state index in [4.69, 9.17) is 4.52 Å². The number of H-pyrrole nitrogens is 1. The minimum Gasteiger partial charge on any atom is -0.361 e. The van der Waals surface area contributed by atoms with Gasteiger partial charge < -0.3 is 14.4 Å². The quantitative estimate of drug-likeness (QED) is 0.687. The molecule has 2 aromatic heterocycles. The van der Waals surface area contributed by atoms with Crippen molar-refractivity contribution in [3.63, 3.8) is 0 Å². The van der Waals surface area contributed by atoms with Crippen LogP contribution in [0, 0.1) is 19.8 Å². The number of aromatic nitrogens is 2. The van der Waals surface area contributed by atoms with Crippen LogP contribution in [0.4, 0.5) is 0 Å². The van der Waals surface area contributed by atoms with E-state index >= 15 is 0 Å². The Hall–Kier alpha value is -2.56. The number of fused-ring (bicyclic) bond motifs is 3. The van der Waals surface area contributed by atoms with Gasteiger partial charge in [0.1, 0.15) is 5.76 Å². The van der Waals surface area contributed by atoms with Crippen LogP contribution in [0.2, 0.25) is 0 Å². The Labute approximate surface area is 166 Å². The zero-order chi connectivity index (χ0) is 19.8. The molecule has 0 bridgehead atoms. The average Bonchev–Trinajstić information content (AvgIpc) is 3.20. The third kappa shape index (κ3) is 3.34. The molecule has 1 aromatic carbocycles. The fourth-order valence-corrected chi connectivity index (χ4v) is 4.54. The highest BCUT2D eigenvalue weighted by Crippen LogP contribution is 2.38. The molecule has 0 saturated carbocycles. The highest BCUT2D eigenvalue weighted by atomic mass is 16.5. The third-order valence-electron chi connectivity index (χ3n) is 5.94. The zero-order valence-electron chi connectivity index (χ0n) is 17.2. The maximum atomic E-state index is 13.2. The van der Waals surface area contributed by atoms with Crippen LogP contribution >= 0.6 is 0 Å². The topological polar surface area (TPSA) is 62.1 Å². The van der Waals surface area contributed by atoms with Crippen LogP contribution in [0.5, 0.6) is 0 Å². The van der Waals surface area contributed by atoms with Gasteiger partial charge in [0, 0.05) is 35.1 Å². The molecule has 0 saturated heterocycles. The molecular formula is C23H29N3O2. The van der Waals surface area contributed by atoms with E-state index in [1.54, 1.807) is 0 Å². The van der Waals surface area contributed by atoms with Crippen molar-refractivity contribution in [2.24, 2.45) is 5.92 Å². The number of carbonyl (C=O) groups excluding carboxylic acids is 1. The maximum Gasteiger partial charge on any atom is 0.223 e. The van der Waals surface area contributed by atoms with E-state index in [0.29, 0.717) is 18.8 Å². The summed E-state index contributed by atoms with van der Waals surface area (Å²) >= 11 is 0. The van der Waals surface area contributed by atoms with E-state index in [-0.39, 0.29) is 11.9 Å². The molecule has 1 unspecified atom stereocenters. The maximum absolute atomic E-state index is 13.2. The lowest BCUT2D eigenvalue weighted by atomic mass is 9.91. The summed E-state index contributed by atoms with van der Waals surface area (Å²) in [5.74, 6) is 1.55. The number of hydrogen-bond donors (Lipinski definition) is 1. The van der Waals surface area contributed by atoms with E-state index in [0.717, 1.165) is 36.4 Å². The summed E-state index contributed by atoms with van der Waals surface area (Å²) in [7, 11) is 0. The standard InChI is InChI=1S/C23H29N3O2/c1-14(2)13-21-23-19(18-7-5-6-8-20(18)24-23)11-12-26(21)22(27)10-9-17-15(3)25-28-16(17)4/h5-8,14,21,24H,9-13H2,1-4H3. The number of carbonyl (C=O) groups is 1. The monoisotopic (exact) mass is 379 g/mol. The first-order valence-electron chi connectivity index (χ1n) is 10.3. The first kappa shape index (κ1) is 18.8. The molecule has 1 aliphatic rings. The number of nitrogens with one attached hydrogen (secondary N) is 1. The molecule has 0 radical (unpaired) electrons. The molecule has 3 aromatic rings. The summed E-state index contributed by atoms with van der Waals surface area (Å²) in [6.45, 7) is 9.09. The molecule has 4 rings (SSSR count). The van der Waals surface area contributed by atoms with Gasteiger partial charge in [-0.25, -0.2) is 0 Å². The summed E-state index contributed by atoms with van der Waals surface area (Å²) < 4.78 is 5.25. The summed E-state index contributed by atoms with van der Waals surface area (Å²) in [5, 5.41) is 5.31. The van der Waals surface area contributed by atoms with Crippen molar-refractivity contribution < 1.29 is 9.32 Å².